The molecule has 1 atom stereocenters. The van der Waals surface area contributed by atoms with Crippen LogP contribution in [-0.4, -0.2) is 27.3 Å². The summed E-state index contributed by atoms with van der Waals surface area (Å²) >= 11 is 0. The number of rotatable bonds is 6. The maximum absolute atomic E-state index is 9.11. The zero-order chi connectivity index (χ0) is 16.9. The molecule has 6 heteroatoms. The van der Waals surface area contributed by atoms with Crippen molar-refractivity contribution in [2.75, 3.05) is 13.2 Å². The number of hydrogen-bond acceptors (Lipinski definition) is 4. The molecule has 24 heavy (non-hydrogen) atoms. The quantitative estimate of drug-likeness (QED) is 0.884. The van der Waals surface area contributed by atoms with Crippen LogP contribution in [0.1, 0.15) is 42.9 Å². The Morgan fingerprint density at radius 2 is 2.25 bits per heavy atom. The number of ether oxygens (including phenoxy) is 1. The molecular formula is C18H25N5O. The molecule has 0 aliphatic carbocycles. The van der Waals surface area contributed by atoms with E-state index in [-0.39, 0.29) is 6.04 Å². The summed E-state index contributed by atoms with van der Waals surface area (Å²) in [6.45, 7) is 5.43. The number of nitriles is 1. The van der Waals surface area contributed by atoms with Crippen molar-refractivity contribution in [2.45, 2.75) is 38.9 Å². The van der Waals surface area contributed by atoms with Gasteiger partial charge in [0.1, 0.15) is 17.6 Å². The van der Waals surface area contributed by atoms with Crippen LogP contribution in [0.15, 0.2) is 24.7 Å². The van der Waals surface area contributed by atoms with Crippen LogP contribution in [0.5, 0.6) is 0 Å². The highest BCUT2D eigenvalue weighted by atomic mass is 16.5. The largest absolute Gasteiger partial charge is 0.381 e. The molecule has 0 spiro atoms. The van der Waals surface area contributed by atoms with Crippen molar-refractivity contribution >= 4 is 0 Å². The van der Waals surface area contributed by atoms with Gasteiger partial charge in [0.25, 0.3) is 0 Å². The topological polar surface area (TPSA) is 67.8 Å². The van der Waals surface area contributed by atoms with Gasteiger partial charge in [-0.2, -0.15) is 5.26 Å². The van der Waals surface area contributed by atoms with Gasteiger partial charge < -0.3 is 19.2 Å². The van der Waals surface area contributed by atoms with E-state index >= 15 is 0 Å². The van der Waals surface area contributed by atoms with Gasteiger partial charge in [0.15, 0.2) is 0 Å². The van der Waals surface area contributed by atoms with E-state index < -0.39 is 0 Å². The number of imidazole rings is 1. The zero-order valence-electron chi connectivity index (χ0n) is 14.4. The smallest absolute Gasteiger partial charge is 0.126 e. The molecule has 0 unspecified atom stereocenters. The summed E-state index contributed by atoms with van der Waals surface area (Å²) < 4.78 is 9.60. The monoisotopic (exact) mass is 327 g/mol. The third-order valence-electron chi connectivity index (χ3n) is 4.81. The lowest BCUT2D eigenvalue weighted by Gasteiger charge is -2.31. The van der Waals surface area contributed by atoms with Crippen molar-refractivity contribution in [3.63, 3.8) is 0 Å². The van der Waals surface area contributed by atoms with E-state index in [1.165, 1.54) is 0 Å². The molecule has 1 saturated heterocycles. The van der Waals surface area contributed by atoms with Gasteiger partial charge in [-0.3, -0.25) is 0 Å². The third-order valence-corrected chi connectivity index (χ3v) is 4.81. The van der Waals surface area contributed by atoms with Crippen molar-refractivity contribution in [2.24, 2.45) is 13.0 Å². The fraction of sp³-hybridized carbons (Fsp3) is 0.556. The number of aromatic nitrogens is 3. The molecule has 0 radical (unpaired) electrons. The molecule has 0 aromatic carbocycles. The Kier molecular flexibility index (Phi) is 5.34. The van der Waals surface area contributed by atoms with Crippen LogP contribution in [0.2, 0.25) is 0 Å². The van der Waals surface area contributed by atoms with Crippen molar-refractivity contribution < 1.29 is 4.74 Å². The maximum Gasteiger partial charge on any atom is 0.126 e. The second-order valence-electron chi connectivity index (χ2n) is 6.34. The van der Waals surface area contributed by atoms with Gasteiger partial charge in [-0.25, -0.2) is 4.98 Å². The molecule has 3 rings (SSSR count). The molecule has 6 nitrogen and oxygen atoms in total. The van der Waals surface area contributed by atoms with Gasteiger partial charge in [-0.1, -0.05) is 0 Å². The van der Waals surface area contributed by atoms with Gasteiger partial charge in [0.05, 0.1) is 6.04 Å². The van der Waals surface area contributed by atoms with Crippen LogP contribution in [0.4, 0.5) is 0 Å². The van der Waals surface area contributed by atoms with Crippen LogP contribution in [0, 0.1) is 17.2 Å². The maximum atomic E-state index is 9.11. The van der Waals surface area contributed by atoms with E-state index in [4.69, 9.17) is 10.00 Å². The van der Waals surface area contributed by atoms with E-state index in [0.29, 0.717) is 11.6 Å². The third kappa shape index (κ3) is 3.53. The van der Waals surface area contributed by atoms with Crippen molar-refractivity contribution in [1.82, 2.24) is 19.4 Å². The molecule has 1 aliphatic rings. The predicted octanol–water partition coefficient (Wildman–Crippen LogP) is 2.37. The Hall–Kier alpha value is -2.10. The van der Waals surface area contributed by atoms with Crippen LogP contribution in [-0.2, 0) is 24.9 Å². The molecular weight excluding hydrogens is 302 g/mol. The molecule has 1 fully saturated rings. The molecule has 0 amide bonds. The SMILES string of the molecule is CCn1ccnc1[C@H](NCc1cc(C#N)n(C)c1)C1CCOCC1. The summed E-state index contributed by atoms with van der Waals surface area (Å²) in [6, 6.07) is 4.36. The van der Waals surface area contributed by atoms with Crippen molar-refractivity contribution in [1.29, 1.82) is 5.26 Å². The first kappa shape index (κ1) is 16.7. The van der Waals surface area contributed by atoms with E-state index in [1.54, 1.807) is 0 Å². The van der Waals surface area contributed by atoms with Gasteiger partial charge in [0.2, 0.25) is 0 Å². The Morgan fingerprint density at radius 1 is 1.46 bits per heavy atom. The van der Waals surface area contributed by atoms with Crippen LogP contribution >= 0.6 is 0 Å². The highest BCUT2D eigenvalue weighted by Gasteiger charge is 2.28. The Labute approximate surface area is 143 Å². The molecule has 0 saturated carbocycles. The van der Waals surface area contributed by atoms with Gasteiger partial charge >= 0.3 is 0 Å². The lowest BCUT2D eigenvalue weighted by molar-refractivity contribution is 0.0517. The Balaban J connectivity index is 1.77. The molecule has 2 aromatic rings. The molecule has 2 aromatic heterocycles. The van der Waals surface area contributed by atoms with Crippen molar-refractivity contribution in [3.8, 4) is 6.07 Å². The number of aryl methyl sites for hydroxylation is 2. The highest BCUT2D eigenvalue weighted by molar-refractivity contribution is 5.28. The van der Waals surface area contributed by atoms with E-state index in [2.05, 4.69) is 27.9 Å². The first-order valence-electron chi connectivity index (χ1n) is 8.60. The standard InChI is InChI=1S/C18H25N5O/c1-3-23-7-6-20-18(23)17(15-4-8-24-9-5-15)21-12-14-10-16(11-19)22(2)13-14/h6-7,10,13,15,17,21H,3-5,8-9,12H2,1-2H3/t17-/m1/s1. The molecule has 128 valence electrons. The van der Waals surface area contributed by atoms with E-state index in [0.717, 1.165) is 50.5 Å². The zero-order valence-corrected chi connectivity index (χ0v) is 14.4. The summed E-state index contributed by atoms with van der Waals surface area (Å²) in [4.78, 5) is 4.62. The average Bonchev–Trinajstić information content (AvgIpc) is 3.22. The molecule has 0 bridgehead atoms. The van der Waals surface area contributed by atoms with Crippen molar-refractivity contribution in [3.05, 3.63) is 41.7 Å². The molecule has 3 heterocycles. The van der Waals surface area contributed by atoms with E-state index in [1.807, 2.05) is 36.3 Å². The minimum atomic E-state index is 0.203. The predicted molar refractivity (Wildman–Crippen MR) is 91.2 cm³/mol. The minimum absolute atomic E-state index is 0.203. The first-order chi connectivity index (χ1) is 11.7. The Morgan fingerprint density at radius 3 is 2.92 bits per heavy atom. The molecule has 1 aliphatic heterocycles. The first-order valence-corrected chi connectivity index (χ1v) is 8.60. The summed E-state index contributed by atoms with van der Waals surface area (Å²) in [6.07, 6.45) is 8.03. The van der Waals surface area contributed by atoms with Gasteiger partial charge in [-0.15, -0.1) is 0 Å². The van der Waals surface area contributed by atoms with E-state index in [9.17, 15) is 0 Å². The fourth-order valence-corrected chi connectivity index (χ4v) is 3.45. The normalized spacial score (nSPS) is 16.9. The second-order valence-corrected chi connectivity index (χ2v) is 6.34. The van der Waals surface area contributed by atoms with Crippen LogP contribution in [0.25, 0.3) is 0 Å². The number of hydrogen-bond donors (Lipinski definition) is 1. The average molecular weight is 327 g/mol. The number of nitrogens with zero attached hydrogens (tertiary/aromatic N) is 4. The lowest BCUT2D eigenvalue weighted by Crippen LogP contribution is -2.33. The highest BCUT2D eigenvalue weighted by Crippen LogP contribution is 2.29. The lowest BCUT2D eigenvalue weighted by atomic mass is 9.91. The van der Waals surface area contributed by atoms with Gasteiger partial charge in [-0.05, 0) is 37.3 Å². The summed E-state index contributed by atoms with van der Waals surface area (Å²) in [5.41, 5.74) is 1.81. The second kappa shape index (κ2) is 7.65. The van der Waals surface area contributed by atoms with Crippen LogP contribution in [0.3, 0.4) is 0 Å². The summed E-state index contributed by atoms with van der Waals surface area (Å²) in [5.74, 6) is 1.62. The molecule has 1 N–H and O–H groups in total. The Bertz CT molecular complexity index is 705. The number of nitrogens with one attached hydrogen (secondary N) is 1. The van der Waals surface area contributed by atoms with Gasteiger partial charge in [0, 0.05) is 51.9 Å². The fourth-order valence-electron chi connectivity index (χ4n) is 3.45. The minimum Gasteiger partial charge on any atom is -0.381 e. The van der Waals surface area contributed by atoms with Crippen LogP contribution < -0.4 is 5.32 Å². The summed E-state index contributed by atoms with van der Waals surface area (Å²) in [7, 11) is 1.90. The summed E-state index contributed by atoms with van der Waals surface area (Å²) in [5, 5.41) is 12.8.